The highest BCUT2D eigenvalue weighted by atomic mass is 16.5. The van der Waals surface area contributed by atoms with E-state index in [0.29, 0.717) is 54.5 Å². The number of pyridine rings is 1. The average Bonchev–Trinajstić information content (AvgIpc) is 3.15. The maximum atomic E-state index is 13.4. The first-order chi connectivity index (χ1) is 16.4. The van der Waals surface area contributed by atoms with E-state index in [1.807, 2.05) is 36.4 Å². The number of aryl methyl sites for hydroxylation is 1. The van der Waals surface area contributed by atoms with Gasteiger partial charge in [-0.15, -0.1) is 0 Å². The van der Waals surface area contributed by atoms with E-state index >= 15 is 0 Å². The summed E-state index contributed by atoms with van der Waals surface area (Å²) in [5.41, 5.74) is 2.98. The molecule has 8 heteroatoms. The summed E-state index contributed by atoms with van der Waals surface area (Å²) in [5.74, 6) is -0.280. The van der Waals surface area contributed by atoms with Crippen LogP contribution in [0.3, 0.4) is 0 Å². The van der Waals surface area contributed by atoms with Gasteiger partial charge in [-0.3, -0.25) is 4.79 Å². The normalized spacial score (nSPS) is 14.2. The number of aromatic amines is 1. The minimum atomic E-state index is -0.497. The largest absolute Gasteiger partial charge is 0.462 e. The second-order valence-corrected chi connectivity index (χ2v) is 8.04. The molecule has 1 N–H and O–H groups in total. The van der Waals surface area contributed by atoms with Crippen molar-refractivity contribution in [3.05, 3.63) is 64.0 Å². The van der Waals surface area contributed by atoms with Gasteiger partial charge in [0.05, 0.1) is 36.6 Å². The van der Waals surface area contributed by atoms with Crippen LogP contribution >= 0.6 is 0 Å². The lowest BCUT2D eigenvalue weighted by Crippen LogP contribution is -2.37. The summed E-state index contributed by atoms with van der Waals surface area (Å²) in [7, 11) is 0. The van der Waals surface area contributed by atoms with Crippen LogP contribution in [0, 0.1) is 25.2 Å². The van der Waals surface area contributed by atoms with Crippen molar-refractivity contribution >= 4 is 34.5 Å². The number of aromatic nitrogens is 2. The van der Waals surface area contributed by atoms with E-state index in [4.69, 9.17) is 14.5 Å². The fraction of sp³-hybridized carbons (Fsp3) is 0.308. The lowest BCUT2D eigenvalue weighted by molar-refractivity contribution is 0.0525. The van der Waals surface area contributed by atoms with E-state index < -0.39 is 11.8 Å². The quantitative estimate of drug-likeness (QED) is 0.258. The zero-order chi connectivity index (χ0) is 24.2. The zero-order valence-electron chi connectivity index (χ0n) is 19.5. The molecule has 3 heterocycles. The van der Waals surface area contributed by atoms with E-state index in [9.17, 15) is 14.9 Å². The Labute approximate surface area is 197 Å². The summed E-state index contributed by atoms with van der Waals surface area (Å²) in [5, 5.41) is 10.8. The Morgan fingerprint density at radius 2 is 2.00 bits per heavy atom. The predicted molar refractivity (Wildman–Crippen MR) is 129 cm³/mol. The molecule has 0 atom stereocenters. The number of ether oxygens (including phenoxy) is 2. The molecule has 0 spiro atoms. The minimum Gasteiger partial charge on any atom is -0.462 e. The van der Waals surface area contributed by atoms with Gasteiger partial charge in [0.15, 0.2) is 0 Å². The lowest BCUT2D eigenvalue weighted by Gasteiger charge is -2.29. The molecule has 8 nitrogen and oxygen atoms in total. The van der Waals surface area contributed by atoms with Crippen LogP contribution in [-0.4, -0.2) is 54.6 Å². The number of rotatable bonds is 6. The molecule has 4 rings (SSSR count). The number of ketones is 1. The summed E-state index contributed by atoms with van der Waals surface area (Å²) < 4.78 is 10.6. The Morgan fingerprint density at radius 1 is 1.26 bits per heavy atom. The summed E-state index contributed by atoms with van der Waals surface area (Å²) >= 11 is 0. The first-order valence-electron chi connectivity index (χ1n) is 11.2. The van der Waals surface area contributed by atoms with Crippen LogP contribution in [0.5, 0.6) is 0 Å². The molecule has 2 aromatic heterocycles. The second kappa shape index (κ2) is 9.89. The molecule has 34 heavy (non-hydrogen) atoms. The molecule has 1 aliphatic rings. The number of esters is 1. The van der Waals surface area contributed by atoms with Gasteiger partial charge in [0, 0.05) is 29.7 Å². The van der Waals surface area contributed by atoms with E-state index in [0.717, 1.165) is 10.9 Å². The van der Waals surface area contributed by atoms with Crippen molar-refractivity contribution in [2.75, 3.05) is 37.8 Å². The fourth-order valence-corrected chi connectivity index (χ4v) is 4.18. The van der Waals surface area contributed by atoms with Crippen LogP contribution in [0.1, 0.15) is 44.6 Å². The molecule has 3 aromatic rings. The van der Waals surface area contributed by atoms with Crippen LogP contribution in [0.25, 0.3) is 17.0 Å². The number of benzene rings is 1. The van der Waals surface area contributed by atoms with Gasteiger partial charge in [-0.2, -0.15) is 5.26 Å². The number of Topliss-reactive ketones (excluding diaryl/α,β-unsaturated/α-hetero) is 1. The number of nitrogens with one attached hydrogen (secondary N) is 1. The van der Waals surface area contributed by atoms with Crippen LogP contribution in [0.15, 0.2) is 35.9 Å². The Kier molecular flexibility index (Phi) is 6.75. The number of hydrogen-bond donors (Lipinski definition) is 1. The van der Waals surface area contributed by atoms with E-state index in [2.05, 4.69) is 9.88 Å². The predicted octanol–water partition coefficient (Wildman–Crippen LogP) is 3.98. The number of nitrogens with zero attached hydrogens (tertiary/aromatic N) is 3. The minimum absolute atomic E-state index is 0.0497. The van der Waals surface area contributed by atoms with E-state index in [1.165, 1.54) is 0 Å². The van der Waals surface area contributed by atoms with Crippen molar-refractivity contribution in [3.63, 3.8) is 0 Å². The molecule has 0 aliphatic carbocycles. The van der Waals surface area contributed by atoms with Gasteiger partial charge in [0.1, 0.15) is 17.5 Å². The topological polar surface area (TPSA) is 108 Å². The highest BCUT2D eigenvalue weighted by Crippen LogP contribution is 2.28. The van der Waals surface area contributed by atoms with E-state index in [-0.39, 0.29) is 17.9 Å². The van der Waals surface area contributed by atoms with Gasteiger partial charge in [-0.25, -0.2) is 9.78 Å². The number of carbonyl (C=O) groups is 2. The number of hydrogen-bond acceptors (Lipinski definition) is 7. The summed E-state index contributed by atoms with van der Waals surface area (Å²) in [4.78, 5) is 35.6. The van der Waals surface area contributed by atoms with Crippen molar-refractivity contribution in [2.45, 2.75) is 20.8 Å². The number of H-pyrrole nitrogens is 1. The molecule has 1 aliphatic heterocycles. The maximum Gasteiger partial charge on any atom is 0.340 e. The second-order valence-electron chi connectivity index (χ2n) is 8.04. The van der Waals surface area contributed by atoms with Gasteiger partial charge < -0.3 is 19.4 Å². The monoisotopic (exact) mass is 458 g/mol. The molecule has 0 amide bonds. The number of allylic oxidation sites excluding steroid dienone is 1. The molecule has 0 saturated carbocycles. The third-order valence-electron chi connectivity index (χ3n) is 5.85. The molecule has 1 fully saturated rings. The highest BCUT2D eigenvalue weighted by molar-refractivity contribution is 6.15. The highest BCUT2D eigenvalue weighted by Gasteiger charge is 2.25. The van der Waals surface area contributed by atoms with Crippen LogP contribution in [-0.2, 0) is 9.47 Å². The fourth-order valence-electron chi connectivity index (χ4n) is 4.18. The SMILES string of the molecule is CCOC(=O)c1c(C)[nH]c(C(=O)/C(C#N)=C/c2cc3ccccc3nc2N2CCOCC2)c1C. The first-order valence-corrected chi connectivity index (χ1v) is 11.2. The van der Waals surface area contributed by atoms with E-state index in [1.54, 1.807) is 26.8 Å². The molecule has 174 valence electrons. The van der Waals surface area contributed by atoms with Crippen LogP contribution < -0.4 is 4.90 Å². The third kappa shape index (κ3) is 4.43. The Hall–Kier alpha value is -3.96. The smallest absolute Gasteiger partial charge is 0.340 e. The van der Waals surface area contributed by atoms with Gasteiger partial charge in [0.25, 0.3) is 0 Å². The number of fused-ring (bicyclic) bond motifs is 1. The van der Waals surface area contributed by atoms with Crippen molar-refractivity contribution in [1.29, 1.82) is 5.26 Å². The lowest BCUT2D eigenvalue weighted by atomic mass is 10.0. The molecule has 0 bridgehead atoms. The maximum absolute atomic E-state index is 13.4. The van der Waals surface area contributed by atoms with Crippen molar-refractivity contribution in [3.8, 4) is 6.07 Å². The van der Waals surface area contributed by atoms with Crippen LogP contribution in [0.2, 0.25) is 0 Å². The number of nitriles is 1. The van der Waals surface area contributed by atoms with Crippen molar-refractivity contribution in [2.24, 2.45) is 0 Å². The molecular weight excluding hydrogens is 432 g/mol. The Bertz CT molecular complexity index is 1330. The number of anilines is 1. The zero-order valence-corrected chi connectivity index (χ0v) is 19.5. The van der Waals surface area contributed by atoms with Gasteiger partial charge in [-0.1, -0.05) is 18.2 Å². The number of para-hydroxylation sites is 1. The molecule has 1 saturated heterocycles. The molecule has 0 radical (unpaired) electrons. The Balaban J connectivity index is 1.79. The number of carbonyl (C=O) groups excluding carboxylic acids is 2. The summed E-state index contributed by atoms with van der Waals surface area (Å²) in [6.45, 7) is 7.83. The molecule has 0 unspecified atom stereocenters. The van der Waals surface area contributed by atoms with Crippen molar-refractivity contribution in [1.82, 2.24) is 9.97 Å². The number of morpholine rings is 1. The van der Waals surface area contributed by atoms with Crippen LogP contribution in [0.4, 0.5) is 5.82 Å². The molecular formula is C26H26N4O4. The average molecular weight is 459 g/mol. The molecule has 1 aromatic carbocycles. The van der Waals surface area contributed by atoms with Crippen molar-refractivity contribution < 1.29 is 19.1 Å². The summed E-state index contributed by atoms with van der Waals surface area (Å²) in [6.07, 6.45) is 1.58. The third-order valence-corrected chi connectivity index (χ3v) is 5.85. The summed E-state index contributed by atoms with van der Waals surface area (Å²) in [6, 6.07) is 11.7. The Morgan fingerprint density at radius 3 is 2.71 bits per heavy atom. The van der Waals surface area contributed by atoms with Gasteiger partial charge in [0.2, 0.25) is 5.78 Å². The van der Waals surface area contributed by atoms with Gasteiger partial charge in [-0.05, 0) is 44.5 Å². The standard InChI is InChI=1S/C26H26N4O4/c1-4-34-26(32)22-16(2)23(28-17(22)3)24(31)20(15-27)14-19-13-18-7-5-6-8-21(18)29-25(19)30-9-11-33-12-10-30/h5-8,13-14,28H,4,9-12H2,1-3H3/b20-14+. The van der Waals surface area contributed by atoms with Gasteiger partial charge >= 0.3 is 5.97 Å². The first kappa shape index (κ1) is 23.2.